The van der Waals surface area contributed by atoms with Crippen molar-refractivity contribution in [3.05, 3.63) is 65.7 Å². The van der Waals surface area contributed by atoms with Crippen molar-refractivity contribution in [1.82, 2.24) is 9.80 Å². The van der Waals surface area contributed by atoms with Crippen LogP contribution in [0.5, 0.6) is 0 Å². The molecule has 33 heavy (non-hydrogen) atoms. The van der Waals surface area contributed by atoms with E-state index in [1.807, 2.05) is 0 Å². The molecule has 1 fully saturated rings. The first-order chi connectivity index (χ1) is 16.1. The van der Waals surface area contributed by atoms with Gasteiger partial charge in [-0.25, -0.2) is 0 Å². The molecule has 5 nitrogen and oxygen atoms in total. The van der Waals surface area contributed by atoms with Crippen molar-refractivity contribution in [2.24, 2.45) is 5.92 Å². The summed E-state index contributed by atoms with van der Waals surface area (Å²) >= 11 is 0. The van der Waals surface area contributed by atoms with Crippen LogP contribution in [0.3, 0.4) is 0 Å². The van der Waals surface area contributed by atoms with Crippen LogP contribution in [0, 0.1) is 5.92 Å². The maximum atomic E-state index is 13.4. The summed E-state index contributed by atoms with van der Waals surface area (Å²) in [6, 6.07) is 19.2. The Morgan fingerprint density at radius 3 is 2.15 bits per heavy atom. The molecule has 0 N–H and O–H groups in total. The second-order valence-corrected chi connectivity index (χ2v) is 9.54. The molecule has 4 rings (SSSR count). The van der Waals surface area contributed by atoms with Crippen molar-refractivity contribution in [2.45, 2.75) is 58.5 Å². The van der Waals surface area contributed by atoms with Crippen LogP contribution in [0.25, 0.3) is 0 Å². The first kappa shape index (κ1) is 23.3. The van der Waals surface area contributed by atoms with Crippen LogP contribution in [0.4, 0.5) is 5.69 Å². The number of rotatable bonds is 3. The van der Waals surface area contributed by atoms with Crippen LogP contribution >= 0.6 is 0 Å². The molecule has 2 aromatic rings. The van der Waals surface area contributed by atoms with Gasteiger partial charge in [-0.3, -0.25) is 9.59 Å². The molecule has 2 aliphatic rings. The van der Waals surface area contributed by atoms with E-state index in [0.717, 1.165) is 26.1 Å². The maximum Gasteiger partial charge on any atom is 0.229 e. The Kier molecular flexibility index (Phi) is 8.03. The molecule has 1 saturated heterocycles. The second kappa shape index (κ2) is 11.4. The Morgan fingerprint density at radius 2 is 1.42 bits per heavy atom. The summed E-state index contributed by atoms with van der Waals surface area (Å²) in [5.41, 5.74) is 3.75. The lowest BCUT2D eigenvalue weighted by molar-refractivity contribution is -0.147. The van der Waals surface area contributed by atoms with E-state index < -0.39 is 0 Å². The summed E-state index contributed by atoms with van der Waals surface area (Å²) in [5, 5.41) is 0. The van der Waals surface area contributed by atoms with Gasteiger partial charge in [0, 0.05) is 51.9 Å². The zero-order valence-electron chi connectivity index (χ0n) is 19.9. The Labute approximate surface area is 198 Å². The summed E-state index contributed by atoms with van der Waals surface area (Å²) in [6.45, 7) is 6.04. The van der Waals surface area contributed by atoms with Crippen LogP contribution < -0.4 is 4.90 Å². The van der Waals surface area contributed by atoms with E-state index in [1.54, 1.807) is 11.8 Å². The number of anilines is 1. The van der Waals surface area contributed by atoms with Crippen LogP contribution in [-0.4, -0.2) is 47.8 Å². The number of carbonyl (C=O) groups is 2. The van der Waals surface area contributed by atoms with Crippen molar-refractivity contribution >= 4 is 17.5 Å². The van der Waals surface area contributed by atoms with Crippen molar-refractivity contribution in [1.29, 1.82) is 0 Å². The molecular formula is C28H37N3O2. The number of amides is 2. The largest absolute Gasteiger partial charge is 0.367 e. The average Bonchev–Trinajstić information content (AvgIpc) is 2.80. The summed E-state index contributed by atoms with van der Waals surface area (Å²) < 4.78 is 0. The van der Waals surface area contributed by atoms with Gasteiger partial charge in [0.05, 0.1) is 5.92 Å². The average molecular weight is 448 g/mol. The molecule has 2 heterocycles. The number of hydrogen-bond acceptors (Lipinski definition) is 3. The molecular weight excluding hydrogens is 410 g/mol. The van der Waals surface area contributed by atoms with E-state index in [9.17, 15) is 9.59 Å². The summed E-state index contributed by atoms with van der Waals surface area (Å²) in [7, 11) is 0. The third kappa shape index (κ3) is 6.16. The van der Waals surface area contributed by atoms with E-state index in [2.05, 4.69) is 64.4 Å². The molecule has 2 amide bonds. The minimum absolute atomic E-state index is 0.0582. The fourth-order valence-corrected chi connectivity index (χ4v) is 4.98. The Balaban J connectivity index is 1.56. The minimum atomic E-state index is -0.0582. The van der Waals surface area contributed by atoms with Crippen molar-refractivity contribution in [3.8, 4) is 0 Å². The van der Waals surface area contributed by atoms with Crippen LogP contribution in [0.15, 0.2) is 54.6 Å². The molecule has 5 heteroatoms. The monoisotopic (exact) mass is 447 g/mol. The number of fused-ring (bicyclic) bond motifs is 1. The van der Waals surface area contributed by atoms with Gasteiger partial charge in [-0.1, -0.05) is 74.2 Å². The van der Waals surface area contributed by atoms with E-state index in [0.29, 0.717) is 19.6 Å². The van der Waals surface area contributed by atoms with Crippen LogP contribution in [-0.2, 0) is 22.7 Å². The second-order valence-electron chi connectivity index (χ2n) is 9.54. The molecule has 0 spiro atoms. The van der Waals surface area contributed by atoms with E-state index in [1.165, 1.54) is 48.9 Å². The molecule has 176 valence electrons. The molecule has 0 saturated carbocycles. The van der Waals surface area contributed by atoms with Gasteiger partial charge >= 0.3 is 0 Å². The zero-order valence-corrected chi connectivity index (χ0v) is 19.9. The number of likely N-dealkylation sites (tertiary alicyclic amines) is 1. The van der Waals surface area contributed by atoms with Crippen LogP contribution in [0.2, 0.25) is 0 Å². The maximum absolute atomic E-state index is 13.4. The molecule has 0 unspecified atom stereocenters. The Hall–Kier alpha value is -2.82. The smallest absolute Gasteiger partial charge is 0.229 e. The van der Waals surface area contributed by atoms with E-state index >= 15 is 0 Å². The first-order valence-corrected chi connectivity index (χ1v) is 12.5. The molecule has 0 atom stereocenters. The van der Waals surface area contributed by atoms with Gasteiger partial charge in [0.1, 0.15) is 0 Å². The van der Waals surface area contributed by atoms with Crippen molar-refractivity contribution < 1.29 is 9.59 Å². The van der Waals surface area contributed by atoms with Gasteiger partial charge in [-0.15, -0.1) is 0 Å². The molecule has 0 radical (unpaired) electrons. The molecule has 2 aliphatic heterocycles. The lowest BCUT2D eigenvalue weighted by Gasteiger charge is -2.40. The van der Waals surface area contributed by atoms with E-state index in [4.69, 9.17) is 0 Å². The predicted molar refractivity (Wildman–Crippen MR) is 133 cm³/mol. The van der Waals surface area contributed by atoms with Gasteiger partial charge in [0.25, 0.3) is 0 Å². The fraction of sp³-hybridized carbons (Fsp3) is 0.500. The quantitative estimate of drug-likeness (QED) is 0.675. The van der Waals surface area contributed by atoms with Gasteiger partial charge in [0.15, 0.2) is 0 Å². The predicted octanol–water partition coefficient (Wildman–Crippen LogP) is 4.85. The highest BCUT2D eigenvalue weighted by atomic mass is 16.2. The highest BCUT2D eigenvalue weighted by Gasteiger charge is 2.36. The number of carbonyl (C=O) groups excluding carboxylic acids is 2. The summed E-state index contributed by atoms with van der Waals surface area (Å²) in [6.07, 6.45) is 7.14. The van der Waals surface area contributed by atoms with Gasteiger partial charge in [-0.2, -0.15) is 0 Å². The lowest BCUT2D eigenvalue weighted by atomic mass is 9.97. The van der Waals surface area contributed by atoms with Gasteiger partial charge in [-0.05, 0) is 30.0 Å². The normalized spacial score (nSPS) is 18.4. The molecule has 0 aliphatic carbocycles. The van der Waals surface area contributed by atoms with Crippen LogP contribution in [0.1, 0.15) is 56.6 Å². The Bertz CT molecular complexity index is 924. The number of benzene rings is 2. The summed E-state index contributed by atoms with van der Waals surface area (Å²) in [4.78, 5) is 31.3. The minimum Gasteiger partial charge on any atom is -0.367 e. The highest BCUT2D eigenvalue weighted by molar-refractivity contribution is 5.84. The first-order valence-electron chi connectivity index (χ1n) is 12.5. The van der Waals surface area contributed by atoms with Crippen molar-refractivity contribution in [3.63, 3.8) is 0 Å². The number of para-hydroxylation sites is 1. The fourth-order valence-electron chi connectivity index (χ4n) is 4.98. The molecule has 0 aromatic heterocycles. The third-order valence-electron chi connectivity index (χ3n) is 7.00. The van der Waals surface area contributed by atoms with E-state index in [-0.39, 0.29) is 17.7 Å². The third-order valence-corrected chi connectivity index (χ3v) is 7.00. The summed E-state index contributed by atoms with van der Waals surface area (Å²) in [5.74, 6) is 0.204. The molecule has 2 aromatic carbocycles. The van der Waals surface area contributed by atoms with Crippen molar-refractivity contribution in [2.75, 3.05) is 31.1 Å². The number of hydrogen-bond donors (Lipinski definition) is 0. The zero-order chi connectivity index (χ0) is 23.0. The van der Waals surface area contributed by atoms with Gasteiger partial charge < -0.3 is 14.7 Å². The van der Waals surface area contributed by atoms with Gasteiger partial charge in [0.2, 0.25) is 11.8 Å². The standard InChI is InChI=1S/C28H37N3O2/c1-23(32)31-21-26(22-31)28(33)30-18-12-5-3-2-4-11-17-29(19-24-13-7-6-8-14-24)27-16-10-9-15-25(27)20-30/h6-10,13-16,26H,2-5,11-12,17-22H2,1H3. The highest BCUT2D eigenvalue weighted by Crippen LogP contribution is 2.27. The molecule has 0 bridgehead atoms. The lowest BCUT2D eigenvalue weighted by Crippen LogP contribution is -2.55. The SMILES string of the molecule is CC(=O)N1CC(C(=O)N2CCCCCCCCN(Cc3ccccc3)c3ccccc3C2)C1. The topological polar surface area (TPSA) is 43.9 Å². The number of nitrogens with zero attached hydrogens (tertiary/aromatic N) is 3. The Morgan fingerprint density at radius 1 is 0.788 bits per heavy atom.